The standard InChI is InChI=1S/C23H46N4OS/c1-4-27(5-2)14-15-29-22-12-8-20(9-13-22)26-23-24-16-19(17-25-23)18-6-10-21(28-3)11-7-18/h18-26H,4-17H2,1-3H3. The summed E-state index contributed by atoms with van der Waals surface area (Å²) in [4.78, 5) is 2.54. The molecule has 3 fully saturated rings. The average molecular weight is 427 g/mol. The van der Waals surface area contributed by atoms with Crippen LogP contribution in [0.25, 0.3) is 0 Å². The van der Waals surface area contributed by atoms with Gasteiger partial charge in [0.15, 0.2) is 0 Å². The van der Waals surface area contributed by atoms with Crippen LogP contribution in [0, 0.1) is 11.8 Å². The Morgan fingerprint density at radius 2 is 1.55 bits per heavy atom. The zero-order chi connectivity index (χ0) is 20.5. The maximum absolute atomic E-state index is 5.53. The van der Waals surface area contributed by atoms with Crippen LogP contribution in [0.3, 0.4) is 0 Å². The van der Waals surface area contributed by atoms with Crippen molar-refractivity contribution in [1.82, 2.24) is 20.9 Å². The van der Waals surface area contributed by atoms with E-state index < -0.39 is 0 Å². The second kappa shape index (κ2) is 12.9. The fraction of sp³-hybridized carbons (Fsp3) is 1.00. The van der Waals surface area contributed by atoms with E-state index in [1.54, 1.807) is 0 Å². The lowest BCUT2D eigenvalue weighted by molar-refractivity contribution is 0.0415. The minimum absolute atomic E-state index is 0.304. The second-order valence-corrected chi connectivity index (χ2v) is 10.7. The van der Waals surface area contributed by atoms with Crippen LogP contribution in [-0.4, -0.2) is 74.2 Å². The van der Waals surface area contributed by atoms with Gasteiger partial charge in [0.05, 0.1) is 6.10 Å². The lowest BCUT2D eigenvalue weighted by Gasteiger charge is -2.40. The topological polar surface area (TPSA) is 48.6 Å². The Bertz CT molecular complexity index is 427. The van der Waals surface area contributed by atoms with Gasteiger partial charge in [0, 0.05) is 43.8 Å². The summed E-state index contributed by atoms with van der Waals surface area (Å²) in [5, 5.41) is 12.2. The molecular weight excluding hydrogens is 380 g/mol. The lowest BCUT2D eigenvalue weighted by Crippen LogP contribution is -2.63. The van der Waals surface area contributed by atoms with Gasteiger partial charge in [-0.25, -0.2) is 0 Å². The molecule has 170 valence electrons. The summed E-state index contributed by atoms with van der Waals surface area (Å²) in [5.74, 6) is 2.94. The van der Waals surface area contributed by atoms with E-state index in [2.05, 4.69) is 46.5 Å². The van der Waals surface area contributed by atoms with E-state index in [9.17, 15) is 0 Å². The third-order valence-corrected chi connectivity index (χ3v) is 8.98. The molecule has 2 aliphatic carbocycles. The van der Waals surface area contributed by atoms with Gasteiger partial charge in [0.1, 0.15) is 6.29 Å². The monoisotopic (exact) mass is 426 g/mol. The Kier molecular flexibility index (Phi) is 10.6. The largest absolute Gasteiger partial charge is 0.381 e. The fourth-order valence-corrected chi connectivity index (χ4v) is 6.75. The molecule has 0 bridgehead atoms. The molecule has 0 aromatic rings. The van der Waals surface area contributed by atoms with Crippen LogP contribution in [0.4, 0.5) is 0 Å². The number of thioether (sulfide) groups is 1. The first-order chi connectivity index (χ1) is 14.2. The number of ether oxygens (including phenoxy) is 1. The molecule has 3 aliphatic rings. The van der Waals surface area contributed by atoms with Gasteiger partial charge < -0.3 is 9.64 Å². The number of hydrogen-bond acceptors (Lipinski definition) is 6. The Morgan fingerprint density at radius 3 is 2.14 bits per heavy atom. The van der Waals surface area contributed by atoms with Gasteiger partial charge in [-0.05, 0) is 76.3 Å². The summed E-state index contributed by atoms with van der Waals surface area (Å²) < 4.78 is 5.53. The molecule has 1 heterocycles. The first kappa shape index (κ1) is 23.8. The molecular formula is C23H46N4OS. The first-order valence-electron chi connectivity index (χ1n) is 12.3. The second-order valence-electron chi connectivity index (χ2n) is 9.32. The third kappa shape index (κ3) is 7.65. The maximum atomic E-state index is 5.53. The van der Waals surface area contributed by atoms with E-state index in [0.29, 0.717) is 18.4 Å². The molecule has 0 radical (unpaired) electrons. The Morgan fingerprint density at radius 1 is 0.897 bits per heavy atom. The van der Waals surface area contributed by atoms with E-state index in [0.717, 1.165) is 30.2 Å². The molecule has 5 nitrogen and oxygen atoms in total. The van der Waals surface area contributed by atoms with Crippen molar-refractivity contribution < 1.29 is 4.74 Å². The number of nitrogens with zero attached hydrogens (tertiary/aromatic N) is 1. The molecule has 0 aromatic carbocycles. The summed E-state index contributed by atoms with van der Waals surface area (Å²) in [5.41, 5.74) is 0. The summed E-state index contributed by atoms with van der Waals surface area (Å²) >= 11 is 2.21. The highest BCUT2D eigenvalue weighted by molar-refractivity contribution is 7.99. The molecule has 2 saturated carbocycles. The molecule has 3 rings (SSSR count). The predicted octanol–water partition coefficient (Wildman–Crippen LogP) is 3.26. The zero-order valence-corrected chi connectivity index (χ0v) is 19.9. The lowest BCUT2D eigenvalue weighted by atomic mass is 9.78. The van der Waals surface area contributed by atoms with Gasteiger partial charge >= 0.3 is 0 Å². The molecule has 1 saturated heterocycles. The molecule has 6 heteroatoms. The minimum atomic E-state index is 0.304. The summed E-state index contributed by atoms with van der Waals surface area (Å²) in [6.07, 6.45) is 11.4. The van der Waals surface area contributed by atoms with Crippen LogP contribution in [0.15, 0.2) is 0 Å². The normalized spacial score (nSPS) is 36.4. The van der Waals surface area contributed by atoms with Crippen molar-refractivity contribution in [1.29, 1.82) is 0 Å². The van der Waals surface area contributed by atoms with Crippen molar-refractivity contribution >= 4 is 11.8 Å². The van der Waals surface area contributed by atoms with Crippen LogP contribution < -0.4 is 16.0 Å². The Balaban J connectivity index is 1.26. The van der Waals surface area contributed by atoms with E-state index in [1.165, 1.54) is 76.8 Å². The van der Waals surface area contributed by atoms with E-state index in [-0.39, 0.29) is 0 Å². The molecule has 0 spiro atoms. The Labute approximate surface area is 183 Å². The van der Waals surface area contributed by atoms with Crippen LogP contribution >= 0.6 is 11.8 Å². The van der Waals surface area contributed by atoms with Gasteiger partial charge in [-0.15, -0.1) is 0 Å². The van der Waals surface area contributed by atoms with Crippen LogP contribution in [0.1, 0.15) is 65.2 Å². The number of rotatable bonds is 10. The van der Waals surface area contributed by atoms with E-state index in [4.69, 9.17) is 4.74 Å². The molecule has 3 N–H and O–H groups in total. The van der Waals surface area contributed by atoms with Crippen molar-refractivity contribution in [3.63, 3.8) is 0 Å². The molecule has 0 aromatic heterocycles. The summed E-state index contributed by atoms with van der Waals surface area (Å²) in [6, 6.07) is 0.674. The van der Waals surface area contributed by atoms with Crippen LogP contribution in [-0.2, 0) is 4.74 Å². The smallest absolute Gasteiger partial charge is 0.112 e. The molecule has 29 heavy (non-hydrogen) atoms. The van der Waals surface area contributed by atoms with Crippen molar-refractivity contribution in [3.05, 3.63) is 0 Å². The van der Waals surface area contributed by atoms with E-state index >= 15 is 0 Å². The van der Waals surface area contributed by atoms with Gasteiger partial charge in [0.25, 0.3) is 0 Å². The molecule has 0 amide bonds. The molecule has 1 aliphatic heterocycles. The minimum Gasteiger partial charge on any atom is -0.381 e. The summed E-state index contributed by atoms with van der Waals surface area (Å²) in [6.45, 7) is 10.5. The number of nitrogens with one attached hydrogen (secondary N) is 3. The SMILES string of the molecule is CCN(CC)CCSC1CCC(NC2NCC(C3CCC(OC)CC3)CN2)CC1. The highest BCUT2D eigenvalue weighted by Crippen LogP contribution is 2.32. The van der Waals surface area contributed by atoms with Crippen LogP contribution in [0.5, 0.6) is 0 Å². The average Bonchev–Trinajstić information content (AvgIpc) is 2.78. The highest BCUT2D eigenvalue weighted by Gasteiger charge is 2.31. The van der Waals surface area contributed by atoms with Gasteiger partial charge in [0.2, 0.25) is 0 Å². The summed E-state index contributed by atoms with van der Waals surface area (Å²) in [7, 11) is 1.86. The van der Waals surface area contributed by atoms with Gasteiger partial charge in [-0.1, -0.05) is 13.8 Å². The predicted molar refractivity (Wildman–Crippen MR) is 125 cm³/mol. The van der Waals surface area contributed by atoms with Crippen molar-refractivity contribution in [2.75, 3.05) is 45.6 Å². The quantitative estimate of drug-likeness (QED) is 0.498. The Hall–Kier alpha value is 0.150. The number of hydrogen-bond donors (Lipinski definition) is 3. The van der Waals surface area contributed by atoms with Gasteiger partial charge in [-0.2, -0.15) is 11.8 Å². The maximum Gasteiger partial charge on any atom is 0.112 e. The molecule has 0 unspecified atom stereocenters. The molecule has 0 atom stereocenters. The van der Waals surface area contributed by atoms with E-state index in [1.807, 2.05) is 7.11 Å². The van der Waals surface area contributed by atoms with Gasteiger partial charge in [-0.3, -0.25) is 16.0 Å². The fourth-order valence-electron chi connectivity index (χ4n) is 5.45. The van der Waals surface area contributed by atoms with Crippen molar-refractivity contribution in [2.45, 2.75) is 88.9 Å². The number of methoxy groups -OCH3 is 1. The first-order valence-corrected chi connectivity index (χ1v) is 13.4. The van der Waals surface area contributed by atoms with Crippen molar-refractivity contribution in [2.24, 2.45) is 11.8 Å². The highest BCUT2D eigenvalue weighted by atomic mass is 32.2. The third-order valence-electron chi connectivity index (χ3n) is 7.62. The zero-order valence-electron chi connectivity index (χ0n) is 19.1. The van der Waals surface area contributed by atoms with Crippen LogP contribution in [0.2, 0.25) is 0 Å². The van der Waals surface area contributed by atoms with Crippen molar-refractivity contribution in [3.8, 4) is 0 Å².